The predicted octanol–water partition coefficient (Wildman–Crippen LogP) is 2.32. The number of hydrogen-bond donors (Lipinski definition) is 1. The van der Waals surface area contributed by atoms with E-state index in [1.807, 2.05) is 12.1 Å². The molecule has 3 rings (SSSR count). The summed E-state index contributed by atoms with van der Waals surface area (Å²) in [5.41, 5.74) is 0.675. The number of para-hydroxylation sites is 2. The second-order valence-corrected chi connectivity index (χ2v) is 6.47. The van der Waals surface area contributed by atoms with Gasteiger partial charge in [0.2, 0.25) is 11.1 Å². The standard InChI is InChI=1S/C17H16N6O5S/c1-27-14-8-7-11(23(25)26)9-12(14)18-16(24)10-29-17-19-20-21-22(17)13-5-3-4-6-15(13)28-2/h3-9H,10H2,1-2H3,(H,18,24). The molecule has 12 heteroatoms. The van der Waals surface area contributed by atoms with E-state index in [4.69, 9.17) is 9.47 Å². The van der Waals surface area contributed by atoms with E-state index in [1.165, 1.54) is 37.1 Å². The topological polar surface area (TPSA) is 134 Å². The molecule has 0 saturated heterocycles. The molecule has 150 valence electrons. The predicted molar refractivity (Wildman–Crippen MR) is 105 cm³/mol. The summed E-state index contributed by atoms with van der Waals surface area (Å²) in [7, 11) is 2.95. The summed E-state index contributed by atoms with van der Waals surface area (Å²) >= 11 is 1.10. The molecule has 1 aromatic heterocycles. The first kappa shape index (κ1) is 20.1. The lowest BCUT2D eigenvalue weighted by atomic mass is 10.2. The highest BCUT2D eigenvalue weighted by Crippen LogP contribution is 2.29. The number of aromatic nitrogens is 4. The third-order valence-electron chi connectivity index (χ3n) is 3.75. The van der Waals surface area contributed by atoms with E-state index in [-0.39, 0.29) is 17.1 Å². The third kappa shape index (κ3) is 4.60. The van der Waals surface area contributed by atoms with Crippen LogP contribution in [-0.2, 0) is 4.79 Å². The van der Waals surface area contributed by atoms with Gasteiger partial charge in [0.05, 0.1) is 30.6 Å². The summed E-state index contributed by atoms with van der Waals surface area (Å²) < 4.78 is 11.9. The van der Waals surface area contributed by atoms with Crippen LogP contribution in [0.25, 0.3) is 5.69 Å². The van der Waals surface area contributed by atoms with Gasteiger partial charge in [-0.05, 0) is 28.6 Å². The fourth-order valence-electron chi connectivity index (χ4n) is 2.45. The number of nitrogens with one attached hydrogen (secondary N) is 1. The molecule has 0 radical (unpaired) electrons. The first-order chi connectivity index (χ1) is 14.0. The molecule has 0 atom stereocenters. The largest absolute Gasteiger partial charge is 0.495 e. The number of benzene rings is 2. The quantitative estimate of drug-likeness (QED) is 0.333. The number of nitro benzene ring substituents is 1. The van der Waals surface area contributed by atoms with Crippen molar-refractivity contribution in [2.24, 2.45) is 0 Å². The van der Waals surface area contributed by atoms with Crippen molar-refractivity contribution < 1.29 is 19.2 Å². The molecule has 0 spiro atoms. The summed E-state index contributed by atoms with van der Waals surface area (Å²) in [5.74, 6) is 0.463. The Kier molecular flexibility index (Phi) is 6.24. The molecule has 0 unspecified atom stereocenters. The fraction of sp³-hybridized carbons (Fsp3) is 0.176. The van der Waals surface area contributed by atoms with Crippen molar-refractivity contribution in [2.45, 2.75) is 5.16 Å². The minimum atomic E-state index is -0.550. The maximum atomic E-state index is 12.4. The van der Waals surface area contributed by atoms with Gasteiger partial charge in [0.15, 0.2) is 0 Å². The van der Waals surface area contributed by atoms with Crippen LogP contribution >= 0.6 is 11.8 Å². The number of nitro groups is 1. The normalized spacial score (nSPS) is 10.4. The van der Waals surface area contributed by atoms with Gasteiger partial charge in [-0.2, -0.15) is 4.68 Å². The van der Waals surface area contributed by atoms with Gasteiger partial charge in [0.1, 0.15) is 17.2 Å². The number of amides is 1. The monoisotopic (exact) mass is 416 g/mol. The van der Waals surface area contributed by atoms with Gasteiger partial charge in [-0.15, -0.1) is 5.10 Å². The lowest BCUT2D eigenvalue weighted by Gasteiger charge is -2.10. The number of thioether (sulfide) groups is 1. The summed E-state index contributed by atoms with van der Waals surface area (Å²) in [4.78, 5) is 22.8. The van der Waals surface area contributed by atoms with E-state index >= 15 is 0 Å². The Balaban J connectivity index is 1.72. The van der Waals surface area contributed by atoms with Crippen molar-refractivity contribution in [3.05, 3.63) is 52.6 Å². The van der Waals surface area contributed by atoms with Crippen molar-refractivity contribution in [1.29, 1.82) is 0 Å². The zero-order valence-corrected chi connectivity index (χ0v) is 16.3. The molecular formula is C17H16N6O5S. The van der Waals surface area contributed by atoms with Crippen LogP contribution in [0.2, 0.25) is 0 Å². The van der Waals surface area contributed by atoms with Crippen LogP contribution in [0.4, 0.5) is 11.4 Å². The van der Waals surface area contributed by atoms with E-state index < -0.39 is 10.8 Å². The maximum Gasteiger partial charge on any atom is 0.271 e. The van der Waals surface area contributed by atoms with Crippen LogP contribution in [0.5, 0.6) is 11.5 Å². The Bertz CT molecular complexity index is 1040. The van der Waals surface area contributed by atoms with Gasteiger partial charge in [0.25, 0.3) is 5.69 Å². The molecule has 11 nitrogen and oxygen atoms in total. The fourth-order valence-corrected chi connectivity index (χ4v) is 3.13. The second kappa shape index (κ2) is 9.01. The van der Waals surface area contributed by atoms with Crippen molar-refractivity contribution in [2.75, 3.05) is 25.3 Å². The van der Waals surface area contributed by atoms with Crippen LogP contribution in [0.3, 0.4) is 0 Å². The van der Waals surface area contributed by atoms with Crippen LogP contribution < -0.4 is 14.8 Å². The summed E-state index contributed by atoms with van der Waals surface area (Å²) in [6.45, 7) is 0. The summed E-state index contributed by atoms with van der Waals surface area (Å²) in [6, 6.07) is 11.1. The number of anilines is 1. The second-order valence-electron chi connectivity index (χ2n) is 5.52. The first-order valence-electron chi connectivity index (χ1n) is 8.20. The molecule has 1 N–H and O–H groups in total. The Hall–Kier alpha value is -3.67. The van der Waals surface area contributed by atoms with Gasteiger partial charge >= 0.3 is 0 Å². The highest BCUT2D eigenvalue weighted by molar-refractivity contribution is 7.99. The molecule has 29 heavy (non-hydrogen) atoms. The van der Waals surface area contributed by atoms with Gasteiger partial charge in [0, 0.05) is 12.1 Å². The lowest BCUT2D eigenvalue weighted by molar-refractivity contribution is -0.384. The van der Waals surface area contributed by atoms with Gasteiger partial charge < -0.3 is 14.8 Å². The molecule has 0 bridgehead atoms. The van der Waals surface area contributed by atoms with Gasteiger partial charge in [-0.25, -0.2) is 0 Å². The van der Waals surface area contributed by atoms with Gasteiger partial charge in [-0.1, -0.05) is 23.9 Å². The highest BCUT2D eigenvalue weighted by atomic mass is 32.2. The molecule has 0 saturated carbocycles. The Labute approximate surface area is 169 Å². The Morgan fingerprint density at radius 1 is 1.21 bits per heavy atom. The minimum Gasteiger partial charge on any atom is -0.495 e. The van der Waals surface area contributed by atoms with E-state index in [0.29, 0.717) is 22.3 Å². The van der Waals surface area contributed by atoms with Crippen LogP contribution in [0, 0.1) is 10.1 Å². The number of ether oxygens (including phenoxy) is 2. The van der Waals surface area contributed by atoms with E-state index in [0.717, 1.165) is 11.8 Å². The van der Waals surface area contributed by atoms with E-state index in [2.05, 4.69) is 20.8 Å². The third-order valence-corrected chi connectivity index (χ3v) is 4.67. The van der Waals surface area contributed by atoms with Crippen LogP contribution in [0.1, 0.15) is 0 Å². The average molecular weight is 416 g/mol. The number of nitrogens with zero attached hydrogens (tertiary/aromatic N) is 5. The zero-order valence-electron chi connectivity index (χ0n) is 15.4. The van der Waals surface area contributed by atoms with Gasteiger partial charge in [-0.3, -0.25) is 14.9 Å². The number of carbonyl (C=O) groups is 1. The number of carbonyl (C=O) groups excluding carboxylic acids is 1. The van der Waals surface area contributed by atoms with Crippen molar-refractivity contribution >= 4 is 29.0 Å². The molecule has 2 aromatic carbocycles. The van der Waals surface area contributed by atoms with Crippen molar-refractivity contribution in [3.63, 3.8) is 0 Å². The first-order valence-corrected chi connectivity index (χ1v) is 9.19. The molecule has 0 aliphatic carbocycles. The van der Waals surface area contributed by atoms with E-state index in [1.54, 1.807) is 12.1 Å². The number of rotatable bonds is 8. The molecule has 1 heterocycles. The Morgan fingerprint density at radius 2 is 1.97 bits per heavy atom. The maximum absolute atomic E-state index is 12.4. The molecule has 0 aliphatic rings. The summed E-state index contributed by atoms with van der Waals surface area (Å²) in [6.07, 6.45) is 0. The van der Waals surface area contributed by atoms with Crippen LogP contribution in [0.15, 0.2) is 47.6 Å². The molecule has 3 aromatic rings. The molecule has 1 amide bonds. The molecular weight excluding hydrogens is 400 g/mol. The average Bonchev–Trinajstić information content (AvgIpc) is 3.20. The smallest absolute Gasteiger partial charge is 0.271 e. The molecule has 0 fully saturated rings. The summed E-state index contributed by atoms with van der Waals surface area (Å²) in [5, 5.41) is 25.5. The lowest BCUT2D eigenvalue weighted by Crippen LogP contribution is -2.15. The zero-order chi connectivity index (χ0) is 20.8. The number of tetrazole rings is 1. The van der Waals surface area contributed by atoms with Crippen molar-refractivity contribution in [3.8, 4) is 17.2 Å². The molecule has 0 aliphatic heterocycles. The number of methoxy groups -OCH3 is 2. The minimum absolute atomic E-state index is 0.0264. The van der Waals surface area contributed by atoms with Crippen LogP contribution in [-0.4, -0.2) is 51.0 Å². The highest BCUT2D eigenvalue weighted by Gasteiger charge is 2.17. The number of non-ortho nitro benzene ring substituents is 1. The van der Waals surface area contributed by atoms with E-state index in [9.17, 15) is 14.9 Å². The van der Waals surface area contributed by atoms with Crippen molar-refractivity contribution in [1.82, 2.24) is 20.2 Å². The number of hydrogen-bond acceptors (Lipinski definition) is 9. The SMILES string of the molecule is COc1ccc([N+](=O)[O-])cc1NC(=O)CSc1nnnn1-c1ccccc1OC. The Morgan fingerprint density at radius 3 is 2.69 bits per heavy atom.